The number of allylic oxidation sites excluding steroid dienone is 1. The lowest BCUT2D eigenvalue weighted by Gasteiger charge is -2.10. The van der Waals surface area contributed by atoms with Gasteiger partial charge in [-0.3, -0.25) is 0 Å². The first-order valence-corrected chi connectivity index (χ1v) is 8.66. The van der Waals surface area contributed by atoms with Crippen molar-refractivity contribution >= 4 is 23.3 Å². The Bertz CT molecular complexity index is 1040. The van der Waals surface area contributed by atoms with Crippen LogP contribution in [0.1, 0.15) is 22.3 Å². The lowest BCUT2D eigenvalue weighted by molar-refractivity contribution is 0.305. The quantitative estimate of drug-likeness (QED) is 0.417. The highest BCUT2D eigenvalue weighted by molar-refractivity contribution is 6.30. The highest BCUT2D eigenvalue weighted by Crippen LogP contribution is 2.25. The monoisotopic (exact) mass is 370 g/mol. The topological polar surface area (TPSA) is 56.8 Å². The van der Waals surface area contributed by atoms with Gasteiger partial charge in [-0.25, -0.2) is 0 Å². The molecule has 0 aliphatic rings. The number of halogens is 1. The molecule has 0 aromatic heterocycles. The fourth-order valence-corrected chi connectivity index (χ4v) is 2.66. The maximum absolute atomic E-state index is 9.56. The zero-order valence-electron chi connectivity index (χ0n) is 14.4. The van der Waals surface area contributed by atoms with E-state index in [1.807, 2.05) is 48.5 Å². The van der Waals surface area contributed by atoms with E-state index in [9.17, 15) is 5.26 Å². The second kappa shape index (κ2) is 8.72. The minimum atomic E-state index is 0.404. The summed E-state index contributed by atoms with van der Waals surface area (Å²) in [6, 6.07) is 26.3. The second-order valence-corrected chi connectivity index (χ2v) is 6.25. The van der Waals surface area contributed by atoms with Gasteiger partial charge in [-0.1, -0.05) is 54.1 Å². The Kier molecular flexibility index (Phi) is 5.90. The number of para-hydroxylation sites is 1. The van der Waals surface area contributed by atoms with Crippen molar-refractivity contribution in [3.8, 4) is 17.9 Å². The van der Waals surface area contributed by atoms with Crippen LogP contribution in [0.25, 0.3) is 11.6 Å². The van der Waals surface area contributed by atoms with Crippen LogP contribution in [0, 0.1) is 22.7 Å². The SMILES string of the molecule is N#C/C(=C/c1ccccc1OCc1ccc(Cl)cc1)c1ccc(C#N)cc1. The summed E-state index contributed by atoms with van der Waals surface area (Å²) in [6.45, 7) is 0.404. The summed E-state index contributed by atoms with van der Waals surface area (Å²) in [7, 11) is 0. The molecule has 0 atom stereocenters. The molecule has 0 radical (unpaired) electrons. The van der Waals surface area contributed by atoms with E-state index in [1.165, 1.54) is 0 Å². The third-order valence-corrected chi connectivity index (χ3v) is 4.22. The van der Waals surface area contributed by atoms with Gasteiger partial charge in [0.05, 0.1) is 23.3 Å². The van der Waals surface area contributed by atoms with E-state index < -0.39 is 0 Å². The van der Waals surface area contributed by atoms with Crippen molar-refractivity contribution in [3.63, 3.8) is 0 Å². The van der Waals surface area contributed by atoms with Gasteiger partial charge >= 0.3 is 0 Å². The lowest BCUT2D eigenvalue weighted by Crippen LogP contribution is -1.97. The summed E-state index contributed by atoms with van der Waals surface area (Å²) >= 11 is 5.91. The van der Waals surface area contributed by atoms with E-state index in [0.29, 0.717) is 28.5 Å². The molecule has 0 spiro atoms. The third kappa shape index (κ3) is 4.76. The maximum Gasteiger partial charge on any atom is 0.127 e. The molecule has 3 aromatic carbocycles. The van der Waals surface area contributed by atoms with Crippen molar-refractivity contribution in [2.45, 2.75) is 6.61 Å². The molecule has 4 heteroatoms. The molecular formula is C23H15ClN2O. The highest BCUT2D eigenvalue weighted by atomic mass is 35.5. The standard InChI is InChI=1S/C23H15ClN2O/c24-22-11-7-18(8-12-22)16-27-23-4-2-1-3-20(23)13-21(15-26)19-9-5-17(14-25)6-10-19/h1-13H,16H2/b21-13-. The van der Waals surface area contributed by atoms with Crippen molar-refractivity contribution in [2.24, 2.45) is 0 Å². The highest BCUT2D eigenvalue weighted by Gasteiger charge is 2.06. The summed E-state index contributed by atoms with van der Waals surface area (Å²) in [5, 5.41) is 19.1. The predicted molar refractivity (Wildman–Crippen MR) is 107 cm³/mol. The summed E-state index contributed by atoms with van der Waals surface area (Å²) in [6.07, 6.45) is 1.79. The fraction of sp³-hybridized carbons (Fsp3) is 0.0435. The van der Waals surface area contributed by atoms with Crippen LogP contribution in [0.15, 0.2) is 72.8 Å². The molecule has 0 fully saturated rings. The summed E-state index contributed by atoms with van der Waals surface area (Å²) < 4.78 is 5.94. The predicted octanol–water partition coefficient (Wildman–Crippen LogP) is 5.85. The Hall–Kier alpha value is -3.53. The molecule has 27 heavy (non-hydrogen) atoms. The fourth-order valence-electron chi connectivity index (χ4n) is 2.53. The lowest BCUT2D eigenvalue weighted by atomic mass is 10.0. The van der Waals surface area contributed by atoms with Crippen LogP contribution in [-0.4, -0.2) is 0 Å². The minimum absolute atomic E-state index is 0.404. The first-order chi connectivity index (χ1) is 13.2. The van der Waals surface area contributed by atoms with Crippen LogP contribution < -0.4 is 4.74 Å². The van der Waals surface area contributed by atoms with Gasteiger partial charge in [0, 0.05) is 10.6 Å². The molecule has 3 nitrogen and oxygen atoms in total. The van der Waals surface area contributed by atoms with Crippen LogP contribution in [0.5, 0.6) is 5.75 Å². The molecular weight excluding hydrogens is 356 g/mol. The van der Waals surface area contributed by atoms with E-state index in [1.54, 1.807) is 30.3 Å². The van der Waals surface area contributed by atoms with Crippen LogP contribution in [-0.2, 0) is 6.61 Å². The number of nitriles is 2. The Morgan fingerprint density at radius 2 is 1.63 bits per heavy atom. The zero-order valence-corrected chi connectivity index (χ0v) is 15.1. The first kappa shape index (κ1) is 18.3. The Labute approximate surface area is 163 Å². The third-order valence-electron chi connectivity index (χ3n) is 3.97. The maximum atomic E-state index is 9.56. The zero-order chi connectivity index (χ0) is 19.1. The number of ether oxygens (including phenoxy) is 1. The van der Waals surface area contributed by atoms with Crippen molar-refractivity contribution in [1.82, 2.24) is 0 Å². The molecule has 0 aliphatic heterocycles. The minimum Gasteiger partial charge on any atom is -0.488 e. The van der Waals surface area contributed by atoms with Crippen molar-refractivity contribution in [1.29, 1.82) is 10.5 Å². The van der Waals surface area contributed by atoms with E-state index in [0.717, 1.165) is 16.7 Å². The Morgan fingerprint density at radius 1 is 0.926 bits per heavy atom. The van der Waals surface area contributed by atoms with Crippen molar-refractivity contribution in [3.05, 3.63) is 100 Å². The first-order valence-electron chi connectivity index (χ1n) is 8.28. The molecule has 0 N–H and O–H groups in total. The molecule has 3 rings (SSSR count). The van der Waals surface area contributed by atoms with Crippen molar-refractivity contribution in [2.75, 3.05) is 0 Å². The summed E-state index contributed by atoms with van der Waals surface area (Å²) in [4.78, 5) is 0. The van der Waals surface area contributed by atoms with Gasteiger partial charge in [-0.2, -0.15) is 10.5 Å². The second-order valence-electron chi connectivity index (χ2n) is 5.81. The van der Waals surface area contributed by atoms with E-state index in [4.69, 9.17) is 21.6 Å². The van der Waals surface area contributed by atoms with E-state index in [2.05, 4.69) is 12.1 Å². The molecule has 0 heterocycles. The van der Waals surface area contributed by atoms with Gasteiger partial charge in [0.1, 0.15) is 12.4 Å². The average molecular weight is 371 g/mol. The van der Waals surface area contributed by atoms with Gasteiger partial charge in [-0.15, -0.1) is 0 Å². The number of rotatable bonds is 5. The molecule has 0 unspecified atom stereocenters. The Balaban J connectivity index is 1.85. The van der Waals surface area contributed by atoms with Gasteiger partial charge in [0.2, 0.25) is 0 Å². The van der Waals surface area contributed by atoms with Crippen LogP contribution in [0.2, 0.25) is 5.02 Å². The van der Waals surface area contributed by atoms with E-state index in [-0.39, 0.29) is 0 Å². The number of benzene rings is 3. The number of hydrogen-bond acceptors (Lipinski definition) is 3. The summed E-state index contributed by atoms with van der Waals surface area (Å²) in [5.74, 6) is 0.689. The van der Waals surface area contributed by atoms with Gasteiger partial charge in [0.25, 0.3) is 0 Å². The van der Waals surface area contributed by atoms with E-state index >= 15 is 0 Å². The molecule has 0 bridgehead atoms. The van der Waals surface area contributed by atoms with Crippen LogP contribution in [0.4, 0.5) is 0 Å². The number of nitrogens with zero attached hydrogens (tertiary/aromatic N) is 2. The van der Waals surface area contributed by atoms with Crippen LogP contribution >= 0.6 is 11.6 Å². The molecule has 0 aliphatic carbocycles. The number of hydrogen-bond donors (Lipinski definition) is 0. The Morgan fingerprint density at radius 3 is 2.30 bits per heavy atom. The smallest absolute Gasteiger partial charge is 0.127 e. The molecule has 130 valence electrons. The van der Waals surface area contributed by atoms with Gasteiger partial charge < -0.3 is 4.74 Å². The molecule has 0 saturated heterocycles. The molecule has 0 saturated carbocycles. The normalized spacial score (nSPS) is 10.7. The van der Waals surface area contributed by atoms with Crippen molar-refractivity contribution < 1.29 is 4.74 Å². The average Bonchev–Trinajstić information content (AvgIpc) is 2.72. The van der Waals surface area contributed by atoms with Gasteiger partial charge in [0.15, 0.2) is 0 Å². The molecule has 3 aromatic rings. The van der Waals surface area contributed by atoms with Crippen LogP contribution in [0.3, 0.4) is 0 Å². The molecule has 0 amide bonds. The summed E-state index contributed by atoms with van der Waals surface area (Å²) in [5.41, 5.74) is 3.63. The largest absolute Gasteiger partial charge is 0.488 e. The van der Waals surface area contributed by atoms with Gasteiger partial charge in [-0.05, 0) is 47.5 Å².